The third kappa shape index (κ3) is 2.34. The van der Waals surface area contributed by atoms with E-state index in [1.807, 2.05) is 4.68 Å². The zero-order valence-corrected chi connectivity index (χ0v) is 11.8. The monoisotopic (exact) mass is 298 g/mol. The summed E-state index contributed by atoms with van der Waals surface area (Å²) in [5.41, 5.74) is 7.50. The Labute approximate surface area is 126 Å². The van der Waals surface area contributed by atoms with Crippen LogP contribution in [0.3, 0.4) is 0 Å². The van der Waals surface area contributed by atoms with Crippen LogP contribution in [0.4, 0.5) is 0 Å². The summed E-state index contributed by atoms with van der Waals surface area (Å²) in [5, 5.41) is 4.30. The summed E-state index contributed by atoms with van der Waals surface area (Å²) in [6.45, 7) is 5.14. The molecule has 2 amide bonds. The van der Waals surface area contributed by atoms with Crippen molar-refractivity contribution in [3.8, 4) is 11.3 Å². The minimum atomic E-state index is -0.626. The van der Waals surface area contributed by atoms with Crippen molar-refractivity contribution in [2.24, 2.45) is 5.73 Å². The molecule has 112 valence electrons. The van der Waals surface area contributed by atoms with E-state index >= 15 is 0 Å². The van der Waals surface area contributed by atoms with Gasteiger partial charge in [0.2, 0.25) is 5.91 Å². The molecular formula is C14H14N6O2. The standard InChI is InChI=1S/C14H14N6O2/c1-2-13(21)19-3-4-20-12(8-19)9(5-18-20)10-6-17-11(7-16-10)14(15)22/h2,5-7H,1,3-4,8H2,(H2,15,22). The molecule has 2 aromatic rings. The molecule has 0 unspecified atom stereocenters. The number of hydrogen-bond acceptors (Lipinski definition) is 5. The van der Waals surface area contributed by atoms with Crippen LogP contribution in [-0.2, 0) is 17.9 Å². The third-order valence-electron chi connectivity index (χ3n) is 3.54. The Bertz CT molecular complexity index is 749. The maximum absolute atomic E-state index is 11.8. The highest BCUT2D eigenvalue weighted by molar-refractivity contribution is 5.90. The van der Waals surface area contributed by atoms with Crippen molar-refractivity contribution in [1.29, 1.82) is 0 Å². The maximum Gasteiger partial charge on any atom is 0.268 e. The molecule has 0 saturated carbocycles. The lowest BCUT2D eigenvalue weighted by Gasteiger charge is -2.27. The maximum atomic E-state index is 11.8. The second-order valence-corrected chi connectivity index (χ2v) is 4.84. The van der Waals surface area contributed by atoms with Gasteiger partial charge in [-0.05, 0) is 6.08 Å². The van der Waals surface area contributed by atoms with Crippen molar-refractivity contribution < 1.29 is 9.59 Å². The van der Waals surface area contributed by atoms with Gasteiger partial charge >= 0.3 is 0 Å². The minimum Gasteiger partial charge on any atom is -0.364 e. The van der Waals surface area contributed by atoms with Gasteiger partial charge in [0.1, 0.15) is 5.69 Å². The second-order valence-electron chi connectivity index (χ2n) is 4.84. The zero-order chi connectivity index (χ0) is 15.7. The first-order chi connectivity index (χ1) is 10.6. The van der Waals surface area contributed by atoms with Gasteiger partial charge in [0.15, 0.2) is 0 Å². The molecule has 0 bridgehead atoms. The summed E-state index contributed by atoms with van der Waals surface area (Å²) in [5.74, 6) is -0.743. The Balaban J connectivity index is 1.94. The number of rotatable bonds is 3. The Hall–Kier alpha value is -3.03. The average molecular weight is 298 g/mol. The molecule has 2 aromatic heterocycles. The van der Waals surface area contributed by atoms with E-state index < -0.39 is 5.91 Å². The number of fused-ring (bicyclic) bond motifs is 1. The Morgan fingerprint density at radius 2 is 2.05 bits per heavy atom. The lowest BCUT2D eigenvalue weighted by Crippen LogP contribution is -2.37. The van der Waals surface area contributed by atoms with Crippen LogP contribution < -0.4 is 5.73 Å². The van der Waals surface area contributed by atoms with Crippen molar-refractivity contribution in [2.45, 2.75) is 13.1 Å². The van der Waals surface area contributed by atoms with Gasteiger partial charge in [-0.2, -0.15) is 5.10 Å². The summed E-state index contributed by atoms with van der Waals surface area (Å²) >= 11 is 0. The summed E-state index contributed by atoms with van der Waals surface area (Å²) in [7, 11) is 0. The minimum absolute atomic E-state index is 0.105. The topological polar surface area (TPSA) is 107 Å². The zero-order valence-electron chi connectivity index (χ0n) is 11.8. The first-order valence-electron chi connectivity index (χ1n) is 6.68. The van der Waals surface area contributed by atoms with Gasteiger partial charge in [-0.3, -0.25) is 19.3 Å². The average Bonchev–Trinajstić information content (AvgIpc) is 2.97. The van der Waals surface area contributed by atoms with E-state index in [2.05, 4.69) is 21.6 Å². The van der Waals surface area contributed by atoms with Crippen LogP contribution in [0.25, 0.3) is 11.3 Å². The predicted octanol–water partition coefficient (Wildman–Crippen LogP) is -0.0328. The van der Waals surface area contributed by atoms with Gasteiger partial charge < -0.3 is 10.6 Å². The van der Waals surface area contributed by atoms with E-state index in [9.17, 15) is 9.59 Å². The summed E-state index contributed by atoms with van der Waals surface area (Å²) in [4.78, 5) is 32.7. The fraction of sp³-hybridized carbons (Fsp3) is 0.214. The quantitative estimate of drug-likeness (QED) is 0.800. The van der Waals surface area contributed by atoms with Gasteiger partial charge in [-0.25, -0.2) is 4.98 Å². The first-order valence-corrected chi connectivity index (χ1v) is 6.68. The van der Waals surface area contributed by atoms with Crippen molar-refractivity contribution in [2.75, 3.05) is 6.54 Å². The Morgan fingerprint density at radius 3 is 2.68 bits per heavy atom. The largest absolute Gasteiger partial charge is 0.364 e. The number of hydrogen-bond donors (Lipinski definition) is 1. The summed E-state index contributed by atoms with van der Waals surface area (Å²) in [6, 6.07) is 0. The van der Waals surface area contributed by atoms with Crippen LogP contribution in [0.1, 0.15) is 16.2 Å². The van der Waals surface area contributed by atoms with Crippen molar-refractivity contribution in [3.05, 3.63) is 42.6 Å². The van der Waals surface area contributed by atoms with Crippen LogP contribution in [0, 0.1) is 0 Å². The lowest BCUT2D eigenvalue weighted by atomic mass is 10.1. The third-order valence-corrected chi connectivity index (χ3v) is 3.54. The second kappa shape index (κ2) is 5.40. The normalized spacial score (nSPS) is 13.5. The molecule has 1 aliphatic rings. The Kier molecular flexibility index (Phi) is 3.42. The van der Waals surface area contributed by atoms with Gasteiger partial charge in [-0.1, -0.05) is 6.58 Å². The van der Waals surface area contributed by atoms with Crippen molar-refractivity contribution >= 4 is 11.8 Å². The van der Waals surface area contributed by atoms with Gasteiger partial charge in [0, 0.05) is 12.1 Å². The molecule has 8 heteroatoms. The highest BCUT2D eigenvalue weighted by Gasteiger charge is 2.23. The molecular weight excluding hydrogens is 284 g/mol. The fourth-order valence-electron chi connectivity index (χ4n) is 2.37. The molecule has 0 fully saturated rings. The molecule has 0 atom stereocenters. The number of aromatic nitrogens is 4. The molecule has 22 heavy (non-hydrogen) atoms. The highest BCUT2D eigenvalue weighted by atomic mass is 16.2. The van der Waals surface area contributed by atoms with E-state index in [0.717, 1.165) is 11.3 Å². The molecule has 0 aliphatic carbocycles. The molecule has 8 nitrogen and oxygen atoms in total. The smallest absolute Gasteiger partial charge is 0.268 e. The van der Waals surface area contributed by atoms with E-state index in [0.29, 0.717) is 25.3 Å². The van der Waals surface area contributed by atoms with E-state index in [-0.39, 0.29) is 11.6 Å². The number of nitrogens with two attached hydrogens (primary N) is 1. The number of amides is 2. The molecule has 3 heterocycles. The highest BCUT2D eigenvalue weighted by Crippen LogP contribution is 2.25. The van der Waals surface area contributed by atoms with Crippen LogP contribution in [0.5, 0.6) is 0 Å². The summed E-state index contributed by atoms with van der Waals surface area (Å²) in [6.07, 6.45) is 5.79. The Morgan fingerprint density at radius 1 is 1.23 bits per heavy atom. The molecule has 0 spiro atoms. The lowest BCUT2D eigenvalue weighted by molar-refractivity contribution is -0.127. The van der Waals surface area contributed by atoms with Gasteiger partial charge in [0.25, 0.3) is 5.91 Å². The van der Waals surface area contributed by atoms with Crippen LogP contribution in [0.15, 0.2) is 31.2 Å². The molecule has 0 aromatic carbocycles. The van der Waals surface area contributed by atoms with Gasteiger partial charge in [-0.15, -0.1) is 0 Å². The number of primary amides is 1. The molecule has 3 rings (SSSR count). The van der Waals surface area contributed by atoms with E-state index in [1.54, 1.807) is 11.1 Å². The molecule has 1 aliphatic heterocycles. The number of carbonyl (C=O) groups is 2. The number of nitrogens with zero attached hydrogens (tertiary/aromatic N) is 5. The molecule has 0 radical (unpaired) electrons. The molecule has 2 N–H and O–H groups in total. The van der Waals surface area contributed by atoms with E-state index in [1.165, 1.54) is 18.5 Å². The SMILES string of the molecule is C=CC(=O)N1CCn2ncc(-c3cnc(C(N)=O)cn3)c2C1. The molecule has 0 saturated heterocycles. The predicted molar refractivity (Wildman–Crippen MR) is 77.4 cm³/mol. The van der Waals surface area contributed by atoms with Crippen LogP contribution >= 0.6 is 0 Å². The van der Waals surface area contributed by atoms with Crippen LogP contribution in [-0.4, -0.2) is 43.0 Å². The van der Waals surface area contributed by atoms with Crippen molar-refractivity contribution in [1.82, 2.24) is 24.6 Å². The number of carbonyl (C=O) groups excluding carboxylic acids is 2. The van der Waals surface area contributed by atoms with Crippen molar-refractivity contribution in [3.63, 3.8) is 0 Å². The first kappa shape index (κ1) is 13.9. The summed E-state index contributed by atoms with van der Waals surface area (Å²) < 4.78 is 1.84. The van der Waals surface area contributed by atoms with E-state index in [4.69, 9.17) is 5.73 Å². The van der Waals surface area contributed by atoms with Gasteiger partial charge in [0.05, 0.1) is 43.1 Å². The van der Waals surface area contributed by atoms with Crippen LogP contribution in [0.2, 0.25) is 0 Å². The fourth-order valence-corrected chi connectivity index (χ4v) is 2.37.